The number of carboxylic acids is 1. The number of nitrogens with zero attached hydrogens (tertiary/aromatic N) is 2. The Balaban J connectivity index is 1.67. The second-order valence-corrected chi connectivity index (χ2v) is 8.98. The fourth-order valence-electron chi connectivity index (χ4n) is 3.64. The molecule has 2 unspecified atom stereocenters. The maximum Gasteiger partial charge on any atom is 0.352 e. The van der Waals surface area contributed by atoms with E-state index in [2.05, 4.69) is 16.0 Å². The van der Waals surface area contributed by atoms with Crippen molar-refractivity contribution in [2.24, 2.45) is 0 Å². The first-order valence-electron chi connectivity index (χ1n) is 10.7. The van der Waals surface area contributed by atoms with Gasteiger partial charge in [-0.1, -0.05) is 18.2 Å². The van der Waals surface area contributed by atoms with Gasteiger partial charge in [-0.05, 0) is 11.6 Å². The molecule has 1 fully saturated rings. The van der Waals surface area contributed by atoms with Crippen LogP contribution in [0, 0.1) is 0 Å². The molecule has 1 aromatic carbocycles. The lowest BCUT2D eigenvalue weighted by molar-refractivity contribution is -0.151. The van der Waals surface area contributed by atoms with Gasteiger partial charge in [0.2, 0.25) is 5.91 Å². The molecule has 1 saturated heterocycles. The van der Waals surface area contributed by atoms with Crippen LogP contribution in [0.4, 0.5) is 15.3 Å². The minimum atomic E-state index is -1.33. The van der Waals surface area contributed by atoms with Gasteiger partial charge in [0, 0.05) is 38.0 Å². The molecule has 2 atom stereocenters. The van der Waals surface area contributed by atoms with Crippen molar-refractivity contribution in [1.82, 2.24) is 20.4 Å². The van der Waals surface area contributed by atoms with Crippen molar-refractivity contribution in [2.45, 2.75) is 24.8 Å². The number of rotatable bonds is 7. The molecule has 0 radical (unpaired) electrons. The first-order valence-corrected chi connectivity index (χ1v) is 11.8. The van der Waals surface area contributed by atoms with Crippen molar-refractivity contribution in [3.05, 3.63) is 41.1 Å². The molecule has 0 aromatic heterocycles. The number of imide groups is 1. The largest absolute Gasteiger partial charge is 0.477 e. The molecule has 36 heavy (non-hydrogen) atoms. The van der Waals surface area contributed by atoms with Gasteiger partial charge in [-0.3, -0.25) is 19.3 Å². The smallest absolute Gasteiger partial charge is 0.352 e. The molecule has 0 bridgehead atoms. The fourth-order valence-corrected chi connectivity index (χ4v) is 4.96. The standard InChI is InChI=1S/C22H25N5O8S/c1-11(28)35-9-13-10-36-19-16(18(30)27(19)17(13)20(31)32)25-15(29)8-12-6-4-5-7-14(12)24-22(34)26(3)21(33)23-2/h4-7,16,19H,8-10H2,1-3H3,(H,23,33)(H,24,34)(H,25,29)(H,31,32). The molecule has 6 amide bonds. The van der Waals surface area contributed by atoms with Crippen LogP contribution in [0.5, 0.6) is 0 Å². The molecule has 2 aliphatic heterocycles. The Hall–Kier alpha value is -4.07. The normalized spacial score (nSPS) is 18.4. The van der Waals surface area contributed by atoms with E-state index in [4.69, 9.17) is 4.74 Å². The number of amides is 6. The molecule has 4 N–H and O–H groups in total. The van der Waals surface area contributed by atoms with Crippen molar-refractivity contribution >= 4 is 53.3 Å². The number of carboxylic acid groups (broad SMARTS) is 1. The summed E-state index contributed by atoms with van der Waals surface area (Å²) in [4.78, 5) is 74.3. The lowest BCUT2D eigenvalue weighted by Gasteiger charge is -2.49. The zero-order valence-corrected chi connectivity index (χ0v) is 20.5. The molecule has 0 saturated carbocycles. The van der Waals surface area contributed by atoms with E-state index in [0.717, 1.165) is 9.80 Å². The lowest BCUT2D eigenvalue weighted by atomic mass is 10.0. The first-order chi connectivity index (χ1) is 17.0. The SMILES string of the molecule is CNC(=O)N(C)C(=O)Nc1ccccc1CC(=O)NC1C(=O)N2C(C(=O)O)=C(COC(C)=O)CSC12. The number of carbonyl (C=O) groups is 6. The van der Waals surface area contributed by atoms with E-state index >= 15 is 0 Å². The van der Waals surface area contributed by atoms with Crippen molar-refractivity contribution < 1.29 is 38.6 Å². The summed E-state index contributed by atoms with van der Waals surface area (Å²) in [7, 11) is 2.67. The van der Waals surface area contributed by atoms with Gasteiger partial charge < -0.3 is 25.8 Å². The summed E-state index contributed by atoms with van der Waals surface area (Å²) in [5, 5.41) is 16.5. The molecule has 0 aliphatic carbocycles. The number of hydrogen-bond donors (Lipinski definition) is 4. The molecule has 14 heteroatoms. The molecule has 13 nitrogen and oxygen atoms in total. The molecule has 3 rings (SSSR count). The third-order valence-corrected chi connectivity index (χ3v) is 6.79. The van der Waals surface area contributed by atoms with Gasteiger partial charge in [0.25, 0.3) is 5.91 Å². The van der Waals surface area contributed by atoms with Crippen LogP contribution >= 0.6 is 11.8 Å². The predicted molar refractivity (Wildman–Crippen MR) is 128 cm³/mol. The maximum atomic E-state index is 12.8. The Morgan fingerprint density at radius 2 is 1.89 bits per heavy atom. The minimum absolute atomic E-state index is 0.180. The van der Waals surface area contributed by atoms with Crippen LogP contribution in [-0.4, -0.2) is 88.6 Å². The second-order valence-electron chi connectivity index (χ2n) is 7.87. The van der Waals surface area contributed by atoms with E-state index in [1.807, 2.05) is 0 Å². The number of nitrogens with one attached hydrogen (secondary N) is 3. The highest BCUT2D eigenvalue weighted by Gasteiger charge is 2.54. The maximum absolute atomic E-state index is 12.8. The Kier molecular flexibility index (Phi) is 8.19. The van der Waals surface area contributed by atoms with Gasteiger partial charge in [-0.2, -0.15) is 0 Å². The Morgan fingerprint density at radius 3 is 2.53 bits per heavy atom. The fraction of sp³-hybridized carbons (Fsp3) is 0.364. The third kappa shape index (κ3) is 5.59. The molecule has 1 aromatic rings. The third-order valence-electron chi connectivity index (χ3n) is 5.45. The van der Waals surface area contributed by atoms with E-state index in [1.54, 1.807) is 24.3 Å². The number of carbonyl (C=O) groups excluding carboxylic acids is 5. The summed E-state index contributed by atoms with van der Waals surface area (Å²) >= 11 is 1.25. The first kappa shape index (κ1) is 26.5. The topological polar surface area (TPSA) is 174 Å². The van der Waals surface area contributed by atoms with Crippen LogP contribution in [0.25, 0.3) is 0 Å². The monoisotopic (exact) mass is 519 g/mol. The highest BCUT2D eigenvalue weighted by molar-refractivity contribution is 8.00. The van der Waals surface area contributed by atoms with Gasteiger partial charge in [-0.15, -0.1) is 11.8 Å². The zero-order chi connectivity index (χ0) is 26.6. The van der Waals surface area contributed by atoms with Gasteiger partial charge >= 0.3 is 24.0 Å². The molecule has 0 spiro atoms. The summed E-state index contributed by atoms with van der Waals surface area (Å²) in [5.74, 6) is -2.79. The van der Waals surface area contributed by atoms with Gasteiger partial charge in [0.1, 0.15) is 23.7 Å². The number of urea groups is 2. The number of anilines is 1. The van der Waals surface area contributed by atoms with E-state index in [-0.39, 0.29) is 24.5 Å². The lowest BCUT2D eigenvalue weighted by Crippen LogP contribution is -2.70. The van der Waals surface area contributed by atoms with Crippen LogP contribution in [-0.2, 0) is 30.3 Å². The number of fused-ring (bicyclic) bond motifs is 1. The number of ether oxygens (including phenoxy) is 1. The van der Waals surface area contributed by atoms with Crippen molar-refractivity contribution in [3.8, 4) is 0 Å². The van der Waals surface area contributed by atoms with E-state index < -0.39 is 47.2 Å². The number of hydrogen-bond acceptors (Lipinski definition) is 8. The van der Waals surface area contributed by atoms with Crippen LogP contribution in [0.1, 0.15) is 12.5 Å². The summed E-state index contributed by atoms with van der Waals surface area (Å²) in [5.41, 5.74) is 0.809. The number of aliphatic carboxylic acids is 1. The van der Waals surface area contributed by atoms with Crippen LogP contribution in [0.2, 0.25) is 0 Å². The summed E-state index contributed by atoms with van der Waals surface area (Å²) in [6, 6.07) is 4.24. The van der Waals surface area contributed by atoms with Gasteiger partial charge in [0.15, 0.2) is 0 Å². The van der Waals surface area contributed by atoms with Crippen LogP contribution in [0.15, 0.2) is 35.5 Å². The van der Waals surface area contributed by atoms with Crippen LogP contribution in [0.3, 0.4) is 0 Å². The Labute approximate surface area is 210 Å². The summed E-state index contributed by atoms with van der Waals surface area (Å²) in [6.07, 6.45) is -0.180. The quantitative estimate of drug-likeness (QED) is 0.292. The number of esters is 1. The summed E-state index contributed by atoms with van der Waals surface area (Å²) in [6.45, 7) is 0.957. The number of para-hydroxylation sites is 1. The van der Waals surface area contributed by atoms with E-state index in [9.17, 15) is 33.9 Å². The molecule has 2 aliphatic rings. The van der Waals surface area contributed by atoms with Crippen molar-refractivity contribution in [3.63, 3.8) is 0 Å². The molecular formula is C22H25N5O8S. The highest BCUT2D eigenvalue weighted by Crippen LogP contribution is 2.40. The Bertz CT molecular complexity index is 1150. The minimum Gasteiger partial charge on any atom is -0.477 e. The van der Waals surface area contributed by atoms with Crippen molar-refractivity contribution in [2.75, 3.05) is 31.8 Å². The molecule has 2 heterocycles. The van der Waals surface area contributed by atoms with Crippen molar-refractivity contribution in [1.29, 1.82) is 0 Å². The van der Waals surface area contributed by atoms with Crippen LogP contribution < -0.4 is 16.0 Å². The zero-order valence-electron chi connectivity index (χ0n) is 19.7. The number of thioether (sulfide) groups is 1. The Morgan fingerprint density at radius 1 is 1.19 bits per heavy atom. The van der Waals surface area contributed by atoms with Gasteiger partial charge in [-0.25, -0.2) is 19.3 Å². The number of benzene rings is 1. The molecular weight excluding hydrogens is 494 g/mol. The predicted octanol–water partition coefficient (Wildman–Crippen LogP) is 0.334. The highest BCUT2D eigenvalue weighted by atomic mass is 32.2. The average molecular weight is 520 g/mol. The number of β-lactam (4-membered cyclic amide) rings is 1. The molecule has 192 valence electrons. The second kappa shape index (κ2) is 11.1. The average Bonchev–Trinajstić information content (AvgIpc) is 2.85. The summed E-state index contributed by atoms with van der Waals surface area (Å²) < 4.78 is 4.90. The van der Waals surface area contributed by atoms with Gasteiger partial charge in [0.05, 0.1) is 6.42 Å². The van der Waals surface area contributed by atoms with E-state index in [1.165, 1.54) is 32.8 Å². The van der Waals surface area contributed by atoms with E-state index in [0.29, 0.717) is 16.8 Å².